The highest BCUT2D eigenvalue weighted by atomic mass is 19.3. The Morgan fingerprint density at radius 3 is 2.46 bits per heavy atom. The summed E-state index contributed by atoms with van der Waals surface area (Å²) in [5.41, 5.74) is 0.436. The van der Waals surface area contributed by atoms with Crippen molar-refractivity contribution in [1.82, 2.24) is 9.78 Å². The van der Waals surface area contributed by atoms with Gasteiger partial charge in [-0.3, -0.25) is 9.67 Å². The average Bonchev–Trinajstić information content (AvgIpc) is 2.88. The van der Waals surface area contributed by atoms with Gasteiger partial charge in [-0.15, -0.1) is 0 Å². The first kappa shape index (κ1) is 16.8. The molecule has 0 unspecified atom stereocenters. The van der Waals surface area contributed by atoms with Gasteiger partial charge < -0.3 is 0 Å². The zero-order chi connectivity index (χ0) is 18.9. The molecule has 1 aliphatic heterocycles. The Morgan fingerprint density at radius 1 is 1.04 bits per heavy atom. The van der Waals surface area contributed by atoms with E-state index in [0.717, 1.165) is 22.5 Å². The minimum Gasteiger partial charge on any atom is -0.270 e. The van der Waals surface area contributed by atoms with Crippen molar-refractivity contribution >= 4 is 16.6 Å². The van der Waals surface area contributed by atoms with E-state index in [1.54, 1.807) is 11.7 Å². The molecule has 0 saturated carbocycles. The number of benzene rings is 2. The summed E-state index contributed by atoms with van der Waals surface area (Å²) in [4.78, 5) is 4.37. The first-order chi connectivity index (χ1) is 12.1. The summed E-state index contributed by atoms with van der Waals surface area (Å²) in [6.07, 6.45) is 0. The van der Waals surface area contributed by atoms with Crippen LogP contribution in [-0.4, -0.2) is 21.0 Å². The lowest BCUT2D eigenvalue weighted by molar-refractivity contribution is -0.0710. The van der Waals surface area contributed by atoms with Crippen LogP contribution < -0.4 is 0 Å². The fourth-order valence-electron chi connectivity index (χ4n) is 3.57. The summed E-state index contributed by atoms with van der Waals surface area (Å²) >= 11 is 0. The molecule has 4 rings (SSSR count). The van der Waals surface area contributed by atoms with Gasteiger partial charge >= 0.3 is 5.92 Å². The van der Waals surface area contributed by atoms with Crippen LogP contribution in [0.1, 0.15) is 36.2 Å². The minimum absolute atomic E-state index is 0.112. The van der Waals surface area contributed by atoms with Crippen LogP contribution in [0.3, 0.4) is 0 Å². The van der Waals surface area contributed by atoms with E-state index < -0.39 is 22.8 Å². The lowest BCUT2D eigenvalue weighted by Crippen LogP contribution is -2.45. The van der Waals surface area contributed by atoms with E-state index in [-0.39, 0.29) is 5.56 Å². The normalized spacial score (nSPS) is 17.9. The molecule has 0 bridgehead atoms. The van der Waals surface area contributed by atoms with Gasteiger partial charge in [-0.2, -0.15) is 13.9 Å². The Morgan fingerprint density at radius 2 is 1.73 bits per heavy atom. The second-order valence-corrected chi connectivity index (χ2v) is 7.20. The number of aryl methyl sites for hydroxylation is 2. The van der Waals surface area contributed by atoms with Crippen molar-refractivity contribution in [1.29, 1.82) is 0 Å². The van der Waals surface area contributed by atoms with Crippen molar-refractivity contribution in [3.63, 3.8) is 0 Å². The van der Waals surface area contributed by atoms with Crippen LogP contribution in [0.4, 0.5) is 13.2 Å². The van der Waals surface area contributed by atoms with Crippen molar-refractivity contribution in [3.05, 3.63) is 64.6 Å². The van der Waals surface area contributed by atoms with E-state index in [0.29, 0.717) is 11.4 Å². The zero-order valence-electron chi connectivity index (χ0n) is 14.9. The third-order valence-electron chi connectivity index (χ3n) is 5.03. The number of rotatable bonds is 1. The molecule has 1 aliphatic rings. The Hall–Kier alpha value is -2.63. The van der Waals surface area contributed by atoms with Crippen LogP contribution in [-0.2, 0) is 13.0 Å². The zero-order valence-corrected chi connectivity index (χ0v) is 14.9. The molecule has 0 fully saturated rings. The Labute approximate surface area is 149 Å². The Kier molecular flexibility index (Phi) is 3.36. The van der Waals surface area contributed by atoms with E-state index in [1.807, 2.05) is 25.1 Å². The van der Waals surface area contributed by atoms with Crippen molar-refractivity contribution in [2.24, 2.45) is 12.0 Å². The fourth-order valence-corrected chi connectivity index (χ4v) is 3.57. The molecule has 2 heterocycles. The van der Waals surface area contributed by atoms with E-state index in [1.165, 1.54) is 26.0 Å². The first-order valence-electron chi connectivity index (χ1n) is 8.35. The Balaban J connectivity index is 2.11. The second kappa shape index (κ2) is 5.19. The molecule has 26 heavy (non-hydrogen) atoms. The molecular formula is C20H18F3N3. The number of fused-ring (bicyclic) bond motifs is 2. The van der Waals surface area contributed by atoms with Gasteiger partial charge in [0.25, 0.3) is 0 Å². The van der Waals surface area contributed by atoms with Crippen LogP contribution in [0, 0.1) is 12.7 Å². The lowest BCUT2D eigenvalue weighted by atomic mass is 9.81. The summed E-state index contributed by atoms with van der Waals surface area (Å²) in [5, 5.41) is 5.33. The molecule has 1 aromatic heterocycles. The quantitative estimate of drug-likeness (QED) is 0.619. The van der Waals surface area contributed by atoms with Crippen LogP contribution in [0.2, 0.25) is 0 Å². The van der Waals surface area contributed by atoms with E-state index >= 15 is 0 Å². The molecule has 3 nitrogen and oxygen atoms in total. The highest BCUT2D eigenvalue weighted by molar-refractivity contribution is 6.19. The molecule has 134 valence electrons. The smallest absolute Gasteiger partial charge is 0.270 e. The van der Waals surface area contributed by atoms with Gasteiger partial charge in [-0.1, -0.05) is 30.3 Å². The molecule has 0 amide bonds. The molecule has 3 aromatic rings. The highest BCUT2D eigenvalue weighted by Gasteiger charge is 2.54. The largest absolute Gasteiger partial charge is 0.300 e. The van der Waals surface area contributed by atoms with Crippen molar-refractivity contribution in [2.45, 2.75) is 32.2 Å². The number of alkyl halides is 2. The summed E-state index contributed by atoms with van der Waals surface area (Å²) in [6, 6.07) is 9.70. The monoisotopic (exact) mass is 357 g/mol. The topological polar surface area (TPSA) is 30.2 Å². The molecule has 0 spiro atoms. The number of aliphatic imine (C=N–C) groups is 1. The minimum atomic E-state index is -3.42. The maximum atomic E-state index is 15.0. The van der Waals surface area contributed by atoms with E-state index in [4.69, 9.17) is 0 Å². The number of hydrogen-bond acceptors (Lipinski definition) is 2. The average molecular weight is 357 g/mol. The number of nitrogens with zero attached hydrogens (tertiary/aromatic N) is 3. The van der Waals surface area contributed by atoms with Gasteiger partial charge in [0, 0.05) is 18.0 Å². The molecule has 0 saturated heterocycles. The second-order valence-electron chi connectivity index (χ2n) is 7.20. The first-order valence-corrected chi connectivity index (χ1v) is 8.35. The molecule has 2 aromatic carbocycles. The summed E-state index contributed by atoms with van der Waals surface area (Å²) in [6.45, 7) is 4.59. The van der Waals surface area contributed by atoms with Crippen LogP contribution in [0.15, 0.2) is 41.4 Å². The van der Waals surface area contributed by atoms with Gasteiger partial charge in [0.2, 0.25) is 0 Å². The van der Waals surface area contributed by atoms with Gasteiger partial charge in [-0.25, -0.2) is 4.39 Å². The van der Waals surface area contributed by atoms with Gasteiger partial charge in [-0.05, 0) is 32.4 Å². The van der Waals surface area contributed by atoms with Gasteiger partial charge in [0.05, 0.1) is 22.5 Å². The highest BCUT2D eigenvalue weighted by Crippen LogP contribution is 2.48. The summed E-state index contributed by atoms with van der Waals surface area (Å²) in [5.74, 6) is -4.34. The summed E-state index contributed by atoms with van der Waals surface area (Å²) in [7, 11) is 1.75. The van der Waals surface area contributed by atoms with Crippen molar-refractivity contribution in [2.75, 3.05) is 0 Å². The van der Waals surface area contributed by atoms with Crippen molar-refractivity contribution in [3.8, 4) is 0 Å². The molecule has 0 atom stereocenters. The standard InChI is InChI=1S/C20H18F3N3/c1-11-7-5-9-13-16(11)25-26(4)18(13)17-12-8-6-10-14(21)15(12)20(22,23)19(2,3)24-17/h5-10H,1-4H3. The number of halogens is 3. The molecule has 0 radical (unpaired) electrons. The fraction of sp³-hybridized carbons (Fsp3) is 0.300. The molecular weight excluding hydrogens is 339 g/mol. The van der Waals surface area contributed by atoms with Crippen LogP contribution >= 0.6 is 0 Å². The number of hydrogen-bond donors (Lipinski definition) is 0. The number of aromatic nitrogens is 2. The molecule has 0 N–H and O–H groups in total. The van der Waals surface area contributed by atoms with Gasteiger partial charge in [0.15, 0.2) is 0 Å². The maximum Gasteiger partial charge on any atom is 0.300 e. The molecule has 6 heteroatoms. The lowest BCUT2D eigenvalue weighted by Gasteiger charge is -2.37. The SMILES string of the molecule is Cc1cccc2c(C3=NC(C)(C)C(F)(F)c4c(F)cccc43)n(C)nc12. The maximum absolute atomic E-state index is 15.0. The van der Waals surface area contributed by atoms with Gasteiger partial charge in [0.1, 0.15) is 11.4 Å². The van der Waals surface area contributed by atoms with E-state index in [2.05, 4.69) is 10.1 Å². The van der Waals surface area contributed by atoms with E-state index in [9.17, 15) is 13.2 Å². The van der Waals surface area contributed by atoms with Crippen molar-refractivity contribution < 1.29 is 13.2 Å². The molecule has 0 aliphatic carbocycles. The predicted molar refractivity (Wildman–Crippen MR) is 95.5 cm³/mol. The predicted octanol–water partition coefficient (Wildman–Crippen LogP) is 4.74. The van der Waals surface area contributed by atoms with Crippen LogP contribution in [0.25, 0.3) is 10.9 Å². The third kappa shape index (κ3) is 2.08. The third-order valence-corrected chi connectivity index (χ3v) is 5.03. The van der Waals surface area contributed by atoms with Crippen LogP contribution in [0.5, 0.6) is 0 Å². The summed E-state index contributed by atoms with van der Waals surface area (Å²) < 4.78 is 46.0. The Bertz CT molecular complexity index is 1080.